The molecule has 0 rings (SSSR count). The molecule has 0 amide bonds. The highest BCUT2D eigenvalue weighted by molar-refractivity contribution is 7.55. The average Bonchev–Trinajstić information content (AvgIpc) is 2.17. The molecule has 0 saturated heterocycles. The van der Waals surface area contributed by atoms with Crippen LogP contribution in [0.2, 0.25) is 0 Å². The fourth-order valence-electron chi connectivity index (χ4n) is 1.01. The summed E-state index contributed by atoms with van der Waals surface area (Å²) in [6, 6.07) is 0. The Kier molecular flexibility index (Phi) is 7.49. The quantitative estimate of drug-likeness (QED) is 0.503. The first-order valence-electron chi connectivity index (χ1n) is 5.99. The van der Waals surface area contributed by atoms with Crippen molar-refractivity contribution in [1.29, 1.82) is 0 Å². The molecule has 0 unspecified atom stereocenters. The molecule has 0 heterocycles. The standard InChI is InChI=1S/C11H25O4P/c1-5-7-9-14-16(13,11(3,4)12)15-10-8-6-2/h12H,5-10H2,1-4H3. The third-order valence-electron chi connectivity index (χ3n) is 2.19. The second-order valence-corrected chi connectivity index (χ2v) is 6.97. The van der Waals surface area contributed by atoms with Crippen molar-refractivity contribution in [1.82, 2.24) is 0 Å². The lowest BCUT2D eigenvalue weighted by Crippen LogP contribution is -2.23. The van der Waals surface area contributed by atoms with Gasteiger partial charge in [-0.25, -0.2) is 0 Å². The summed E-state index contributed by atoms with van der Waals surface area (Å²) in [6.45, 7) is 7.71. The van der Waals surface area contributed by atoms with Crippen LogP contribution in [0.5, 0.6) is 0 Å². The summed E-state index contributed by atoms with van der Waals surface area (Å²) in [7, 11) is -3.41. The van der Waals surface area contributed by atoms with E-state index in [1.54, 1.807) is 0 Å². The second kappa shape index (κ2) is 7.44. The summed E-state index contributed by atoms with van der Waals surface area (Å²) in [5, 5.41) is 8.39. The van der Waals surface area contributed by atoms with Crippen LogP contribution >= 0.6 is 7.60 Å². The summed E-state index contributed by atoms with van der Waals surface area (Å²) in [4.78, 5) is 0. The molecule has 0 spiro atoms. The van der Waals surface area contributed by atoms with Crippen molar-refractivity contribution in [3.63, 3.8) is 0 Å². The van der Waals surface area contributed by atoms with Crippen LogP contribution in [0.25, 0.3) is 0 Å². The normalized spacial score (nSPS) is 13.1. The van der Waals surface area contributed by atoms with E-state index in [0.717, 1.165) is 25.7 Å². The van der Waals surface area contributed by atoms with E-state index < -0.39 is 12.9 Å². The minimum Gasteiger partial charge on any atom is -0.378 e. The maximum Gasteiger partial charge on any atom is 0.361 e. The zero-order valence-electron chi connectivity index (χ0n) is 10.9. The average molecular weight is 252 g/mol. The molecule has 0 aliphatic rings. The smallest absolute Gasteiger partial charge is 0.361 e. The Morgan fingerprint density at radius 1 is 1.06 bits per heavy atom. The van der Waals surface area contributed by atoms with Gasteiger partial charge in [-0.2, -0.15) is 0 Å². The Balaban J connectivity index is 4.33. The van der Waals surface area contributed by atoms with E-state index in [2.05, 4.69) is 0 Å². The molecule has 0 bridgehead atoms. The highest BCUT2D eigenvalue weighted by Gasteiger charge is 2.41. The van der Waals surface area contributed by atoms with E-state index in [4.69, 9.17) is 9.05 Å². The first-order valence-corrected chi connectivity index (χ1v) is 7.53. The van der Waals surface area contributed by atoms with Crippen molar-refractivity contribution in [2.45, 2.75) is 58.7 Å². The van der Waals surface area contributed by atoms with E-state index in [0.29, 0.717) is 13.2 Å². The molecule has 0 radical (unpaired) electrons. The van der Waals surface area contributed by atoms with E-state index in [9.17, 15) is 9.67 Å². The summed E-state index contributed by atoms with van der Waals surface area (Å²) >= 11 is 0. The van der Waals surface area contributed by atoms with Gasteiger partial charge in [0.1, 0.15) is 0 Å². The number of unbranched alkanes of at least 4 members (excludes halogenated alkanes) is 2. The van der Waals surface area contributed by atoms with Crippen molar-refractivity contribution in [3.8, 4) is 0 Å². The lowest BCUT2D eigenvalue weighted by molar-refractivity contribution is 0.0898. The van der Waals surface area contributed by atoms with E-state index in [1.807, 2.05) is 13.8 Å². The predicted octanol–water partition coefficient (Wildman–Crippen LogP) is 3.54. The lowest BCUT2D eigenvalue weighted by atomic mass is 10.4. The summed E-state index contributed by atoms with van der Waals surface area (Å²) in [5.41, 5.74) is 0. The second-order valence-electron chi connectivity index (χ2n) is 4.37. The first-order chi connectivity index (χ1) is 7.37. The summed E-state index contributed by atoms with van der Waals surface area (Å²) in [5.74, 6) is 0. The van der Waals surface area contributed by atoms with Crippen LogP contribution < -0.4 is 0 Å². The van der Waals surface area contributed by atoms with Gasteiger partial charge < -0.3 is 14.2 Å². The molecule has 0 fully saturated rings. The SMILES string of the molecule is CCCCOP(=O)(OCCCC)C(C)(C)O. The minimum absolute atomic E-state index is 0.365. The lowest BCUT2D eigenvalue weighted by Gasteiger charge is -2.28. The number of rotatable bonds is 9. The maximum absolute atomic E-state index is 12.3. The zero-order valence-corrected chi connectivity index (χ0v) is 11.8. The van der Waals surface area contributed by atoms with Crippen molar-refractivity contribution in [2.75, 3.05) is 13.2 Å². The predicted molar refractivity (Wildman–Crippen MR) is 65.6 cm³/mol. The molecule has 0 aromatic carbocycles. The maximum atomic E-state index is 12.3. The Morgan fingerprint density at radius 3 is 1.69 bits per heavy atom. The molecular formula is C11H25O4P. The van der Waals surface area contributed by atoms with Crippen LogP contribution in [0.1, 0.15) is 53.4 Å². The van der Waals surface area contributed by atoms with Gasteiger partial charge in [-0.05, 0) is 26.7 Å². The van der Waals surface area contributed by atoms with Gasteiger partial charge >= 0.3 is 7.60 Å². The monoisotopic (exact) mass is 252 g/mol. The van der Waals surface area contributed by atoms with Crippen molar-refractivity contribution in [2.24, 2.45) is 0 Å². The minimum atomic E-state index is -3.41. The van der Waals surface area contributed by atoms with Crippen LogP contribution in [0.3, 0.4) is 0 Å². The van der Waals surface area contributed by atoms with Gasteiger partial charge in [0, 0.05) is 0 Å². The van der Waals surface area contributed by atoms with Crippen LogP contribution in [-0.4, -0.2) is 23.7 Å². The molecule has 98 valence electrons. The van der Waals surface area contributed by atoms with Crippen molar-refractivity contribution >= 4 is 7.60 Å². The van der Waals surface area contributed by atoms with Crippen molar-refractivity contribution in [3.05, 3.63) is 0 Å². The molecule has 1 N–H and O–H groups in total. The molecule has 0 aromatic rings. The molecular weight excluding hydrogens is 227 g/mol. The molecule has 4 nitrogen and oxygen atoms in total. The zero-order chi connectivity index (χ0) is 12.7. The Hall–Kier alpha value is 0.110. The van der Waals surface area contributed by atoms with Gasteiger partial charge in [0.25, 0.3) is 0 Å². The highest BCUT2D eigenvalue weighted by atomic mass is 31.2. The summed E-state index contributed by atoms with van der Waals surface area (Å²) < 4.78 is 22.8. The third-order valence-corrected chi connectivity index (χ3v) is 4.57. The van der Waals surface area contributed by atoms with Crippen LogP contribution in [0.4, 0.5) is 0 Å². The van der Waals surface area contributed by atoms with Crippen LogP contribution in [0.15, 0.2) is 0 Å². The van der Waals surface area contributed by atoms with Gasteiger partial charge in [-0.15, -0.1) is 0 Å². The number of hydrogen-bond acceptors (Lipinski definition) is 4. The van der Waals surface area contributed by atoms with Gasteiger partial charge in [0.2, 0.25) is 0 Å². The molecule has 0 atom stereocenters. The van der Waals surface area contributed by atoms with Gasteiger partial charge in [0.05, 0.1) is 13.2 Å². The first kappa shape index (κ1) is 16.1. The molecule has 5 heteroatoms. The van der Waals surface area contributed by atoms with Crippen LogP contribution in [-0.2, 0) is 13.6 Å². The molecule has 0 saturated carbocycles. The molecule has 16 heavy (non-hydrogen) atoms. The van der Waals surface area contributed by atoms with E-state index >= 15 is 0 Å². The Morgan fingerprint density at radius 2 is 1.44 bits per heavy atom. The van der Waals surface area contributed by atoms with Gasteiger partial charge in [-0.1, -0.05) is 26.7 Å². The number of aliphatic hydroxyl groups is 1. The highest BCUT2D eigenvalue weighted by Crippen LogP contribution is 2.58. The van der Waals surface area contributed by atoms with E-state index in [1.165, 1.54) is 13.8 Å². The molecule has 0 aliphatic heterocycles. The molecule has 0 aromatic heterocycles. The summed E-state index contributed by atoms with van der Waals surface area (Å²) in [6.07, 6.45) is 3.55. The van der Waals surface area contributed by atoms with E-state index in [-0.39, 0.29) is 0 Å². The number of hydrogen-bond donors (Lipinski definition) is 1. The largest absolute Gasteiger partial charge is 0.378 e. The van der Waals surface area contributed by atoms with Gasteiger partial charge in [0.15, 0.2) is 5.34 Å². The van der Waals surface area contributed by atoms with Crippen molar-refractivity contribution < 1.29 is 18.7 Å². The fourth-order valence-corrected chi connectivity index (χ4v) is 2.46. The van der Waals surface area contributed by atoms with Gasteiger partial charge in [-0.3, -0.25) is 4.57 Å². The Bertz CT molecular complexity index is 209. The fraction of sp³-hybridized carbons (Fsp3) is 1.00. The Labute approximate surface area is 98.9 Å². The molecule has 0 aliphatic carbocycles. The third kappa shape index (κ3) is 5.44. The topological polar surface area (TPSA) is 55.8 Å². The van der Waals surface area contributed by atoms with Crippen LogP contribution in [0, 0.1) is 0 Å².